The van der Waals surface area contributed by atoms with Gasteiger partial charge in [-0.05, 0) is 13.3 Å². The number of rotatable bonds is 3. The third-order valence-corrected chi connectivity index (χ3v) is 2.67. The first-order valence-electron chi connectivity index (χ1n) is 4.99. The molecule has 3 unspecified atom stereocenters. The van der Waals surface area contributed by atoms with Crippen LogP contribution in [0.25, 0.3) is 0 Å². The summed E-state index contributed by atoms with van der Waals surface area (Å²) in [6.45, 7) is 6.16. The minimum Gasteiger partial charge on any atom is -0.391 e. The Labute approximate surface area is 79.6 Å². The highest BCUT2D eigenvalue weighted by Crippen LogP contribution is 2.12. The molecule has 0 bridgehead atoms. The minimum atomic E-state index is -0.465. The SMILES string of the molecule is CCC(O)C1CNCCN1C(C)O. The number of aliphatic hydroxyl groups is 2. The van der Waals surface area contributed by atoms with Crippen LogP contribution in [-0.2, 0) is 0 Å². The molecule has 0 spiro atoms. The smallest absolute Gasteiger partial charge is 0.104 e. The number of aliphatic hydroxyl groups excluding tert-OH is 2. The Morgan fingerprint density at radius 3 is 2.77 bits per heavy atom. The summed E-state index contributed by atoms with van der Waals surface area (Å²) in [6.07, 6.45) is -0.0778. The van der Waals surface area contributed by atoms with E-state index in [1.807, 2.05) is 11.8 Å². The third-order valence-electron chi connectivity index (χ3n) is 2.67. The summed E-state index contributed by atoms with van der Waals surface area (Å²) in [4.78, 5) is 1.95. The first-order valence-corrected chi connectivity index (χ1v) is 4.99. The van der Waals surface area contributed by atoms with Crippen molar-refractivity contribution in [2.45, 2.75) is 38.6 Å². The Morgan fingerprint density at radius 1 is 1.54 bits per heavy atom. The van der Waals surface area contributed by atoms with Gasteiger partial charge in [-0.15, -0.1) is 0 Å². The fourth-order valence-corrected chi connectivity index (χ4v) is 1.83. The summed E-state index contributed by atoms with van der Waals surface area (Å²) in [5.74, 6) is 0. The van der Waals surface area contributed by atoms with Crippen molar-refractivity contribution in [2.75, 3.05) is 19.6 Å². The Bertz CT molecular complexity index is 153. The van der Waals surface area contributed by atoms with E-state index in [2.05, 4.69) is 5.32 Å². The molecule has 13 heavy (non-hydrogen) atoms. The molecule has 3 atom stereocenters. The molecule has 0 saturated carbocycles. The maximum atomic E-state index is 9.71. The monoisotopic (exact) mass is 188 g/mol. The maximum Gasteiger partial charge on any atom is 0.104 e. The largest absolute Gasteiger partial charge is 0.391 e. The van der Waals surface area contributed by atoms with Gasteiger partial charge >= 0.3 is 0 Å². The van der Waals surface area contributed by atoms with Crippen molar-refractivity contribution >= 4 is 0 Å². The zero-order valence-corrected chi connectivity index (χ0v) is 8.40. The highest BCUT2D eigenvalue weighted by atomic mass is 16.3. The van der Waals surface area contributed by atoms with Gasteiger partial charge in [0.1, 0.15) is 6.23 Å². The van der Waals surface area contributed by atoms with Gasteiger partial charge in [0, 0.05) is 19.6 Å². The molecule has 1 heterocycles. The third kappa shape index (κ3) is 2.64. The molecule has 1 saturated heterocycles. The Hall–Kier alpha value is -0.160. The standard InChI is InChI=1S/C9H20N2O2/c1-3-9(13)8-6-10-4-5-11(8)7(2)12/h7-10,12-13H,3-6H2,1-2H3. The molecular formula is C9H20N2O2. The molecule has 0 aromatic rings. The molecule has 78 valence electrons. The molecule has 1 aliphatic rings. The van der Waals surface area contributed by atoms with Crippen LogP contribution >= 0.6 is 0 Å². The maximum absolute atomic E-state index is 9.71. The highest BCUT2D eigenvalue weighted by molar-refractivity contribution is 4.85. The van der Waals surface area contributed by atoms with Gasteiger partial charge in [-0.25, -0.2) is 0 Å². The van der Waals surface area contributed by atoms with E-state index in [1.165, 1.54) is 0 Å². The van der Waals surface area contributed by atoms with E-state index < -0.39 is 6.23 Å². The van der Waals surface area contributed by atoms with Crippen LogP contribution in [0.5, 0.6) is 0 Å². The molecule has 1 fully saturated rings. The molecule has 1 aliphatic heterocycles. The molecule has 0 amide bonds. The number of hydrogen-bond acceptors (Lipinski definition) is 4. The number of hydrogen-bond donors (Lipinski definition) is 3. The van der Waals surface area contributed by atoms with E-state index in [9.17, 15) is 10.2 Å². The summed E-state index contributed by atoms with van der Waals surface area (Å²) in [5, 5.41) is 22.4. The summed E-state index contributed by atoms with van der Waals surface area (Å²) >= 11 is 0. The molecule has 0 aromatic carbocycles. The van der Waals surface area contributed by atoms with Crippen molar-refractivity contribution < 1.29 is 10.2 Å². The van der Waals surface area contributed by atoms with E-state index in [0.717, 1.165) is 26.1 Å². The van der Waals surface area contributed by atoms with Gasteiger partial charge in [-0.1, -0.05) is 6.92 Å². The van der Waals surface area contributed by atoms with Gasteiger partial charge in [0.2, 0.25) is 0 Å². The van der Waals surface area contributed by atoms with Crippen LogP contribution in [0.4, 0.5) is 0 Å². The Balaban J connectivity index is 2.56. The van der Waals surface area contributed by atoms with Crippen molar-refractivity contribution in [3.8, 4) is 0 Å². The van der Waals surface area contributed by atoms with Crippen LogP contribution in [-0.4, -0.2) is 53.1 Å². The van der Waals surface area contributed by atoms with Crippen LogP contribution in [0, 0.1) is 0 Å². The second-order valence-corrected chi connectivity index (χ2v) is 3.62. The van der Waals surface area contributed by atoms with Gasteiger partial charge in [-0.3, -0.25) is 4.90 Å². The van der Waals surface area contributed by atoms with Crippen LogP contribution < -0.4 is 5.32 Å². The average molecular weight is 188 g/mol. The van der Waals surface area contributed by atoms with Crippen molar-refractivity contribution in [1.82, 2.24) is 10.2 Å². The predicted octanol–water partition coefficient (Wildman–Crippen LogP) is -0.631. The fourth-order valence-electron chi connectivity index (χ4n) is 1.83. The van der Waals surface area contributed by atoms with E-state index in [-0.39, 0.29) is 12.1 Å². The molecule has 0 aliphatic carbocycles. The molecule has 0 radical (unpaired) electrons. The summed E-state index contributed by atoms with van der Waals surface area (Å²) in [7, 11) is 0. The summed E-state index contributed by atoms with van der Waals surface area (Å²) in [5.41, 5.74) is 0. The normalized spacial score (nSPS) is 30.0. The lowest BCUT2D eigenvalue weighted by Crippen LogP contribution is -2.58. The summed E-state index contributed by atoms with van der Waals surface area (Å²) < 4.78 is 0. The van der Waals surface area contributed by atoms with Gasteiger partial charge < -0.3 is 15.5 Å². The number of nitrogens with zero attached hydrogens (tertiary/aromatic N) is 1. The fraction of sp³-hybridized carbons (Fsp3) is 1.00. The van der Waals surface area contributed by atoms with Gasteiger partial charge in [0.25, 0.3) is 0 Å². The van der Waals surface area contributed by atoms with Gasteiger partial charge in [-0.2, -0.15) is 0 Å². The van der Waals surface area contributed by atoms with E-state index in [4.69, 9.17) is 0 Å². The molecule has 3 N–H and O–H groups in total. The summed E-state index contributed by atoms with van der Waals surface area (Å²) in [6, 6.07) is 0.0544. The van der Waals surface area contributed by atoms with Crippen LogP contribution in [0.2, 0.25) is 0 Å². The average Bonchev–Trinajstić information content (AvgIpc) is 2.16. The molecule has 1 rings (SSSR count). The first kappa shape index (κ1) is 10.9. The lowest BCUT2D eigenvalue weighted by atomic mass is 10.0. The minimum absolute atomic E-state index is 0.0544. The Kier molecular flexibility index (Phi) is 4.12. The topological polar surface area (TPSA) is 55.7 Å². The van der Waals surface area contributed by atoms with Gasteiger partial charge in [0.05, 0.1) is 12.1 Å². The first-order chi connectivity index (χ1) is 6.16. The Morgan fingerprint density at radius 2 is 2.23 bits per heavy atom. The van der Waals surface area contributed by atoms with Crippen LogP contribution in [0.15, 0.2) is 0 Å². The highest BCUT2D eigenvalue weighted by Gasteiger charge is 2.29. The zero-order valence-electron chi connectivity index (χ0n) is 8.40. The lowest BCUT2D eigenvalue weighted by molar-refractivity contribution is -0.0629. The quantitative estimate of drug-likeness (QED) is 0.552. The van der Waals surface area contributed by atoms with Crippen molar-refractivity contribution in [1.29, 1.82) is 0 Å². The predicted molar refractivity (Wildman–Crippen MR) is 51.3 cm³/mol. The van der Waals surface area contributed by atoms with E-state index >= 15 is 0 Å². The molecule has 0 aromatic heterocycles. The van der Waals surface area contributed by atoms with Crippen molar-refractivity contribution in [3.63, 3.8) is 0 Å². The van der Waals surface area contributed by atoms with E-state index in [0.29, 0.717) is 0 Å². The number of piperazine rings is 1. The number of nitrogens with one attached hydrogen (secondary N) is 1. The van der Waals surface area contributed by atoms with Crippen LogP contribution in [0.1, 0.15) is 20.3 Å². The van der Waals surface area contributed by atoms with Crippen molar-refractivity contribution in [2.24, 2.45) is 0 Å². The van der Waals surface area contributed by atoms with Gasteiger partial charge in [0.15, 0.2) is 0 Å². The van der Waals surface area contributed by atoms with Crippen LogP contribution in [0.3, 0.4) is 0 Å². The molecule has 4 heteroatoms. The lowest BCUT2D eigenvalue weighted by Gasteiger charge is -2.40. The van der Waals surface area contributed by atoms with E-state index in [1.54, 1.807) is 6.92 Å². The molecule has 4 nitrogen and oxygen atoms in total. The van der Waals surface area contributed by atoms with Crippen molar-refractivity contribution in [3.05, 3.63) is 0 Å². The zero-order chi connectivity index (χ0) is 9.84. The molecular weight excluding hydrogens is 168 g/mol. The second-order valence-electron chi connectivity index (χ2n) is 3.62. The second kappa shape index (κ2) is 4.91.